The van der Waals surface area contributed by atoms with E-state index in [1.54, 1.807) is 6.92 Å². The molecule has 3 aliphatic rings. The monoisotopic (exact) mass is 794 g/mol. The third-order valence-electron chi connectivity index (χ3n) is 10.4. The number of ether oxygens (including phenoxy) is 4. The highest BCUT2D eigenvalue weighted by Gasteiger charge is 2.37. The topological polar surface area (TPSA) is 340 Å². The number of aliphatic hydroxyl groups is 15. The van der Waals surface area contributed by atoms with Gasteiger partial charge in [0.05, 0.1) is 69.2 Å². The molecule has 0 saturated carbocycles. The standard InChI is InChI=1S/C21H40O9.C8H16O4.C6H14O6/c1-12-9-30-11-14(18(24)13(2)17(12)23)3-6-28-7-4-15-10-29-8-5-16(22)20(26)21(27)19(15)25;1-5-4-12-3-2-6(9)8(11)7(5)10;1-2(7)3(8)4(9)5(10)6(11)12/h12-27H,3-11H2,1-2H3;5-11H,2-4H2,1H3;2-12H,1H3. The van der Waals surface area contributed by atoms with Gasteiger partial charge in [-0.1, -0.05) is 20.8 Å². The van der Waals surface area contributed by atoms with Crippen LogP contribution in [0.15, 0.2) is 0 Å². The molecule has 15 N–H and O–H groups in total. The lowest BCUT2D eigenvalue weighted by atomic mass is 9.82. The van der Waals surface area contributed by atoms with Gasteiger partial charge in [0.2, 0.25) is 0 Å². The Morgan fingerprint density at radius 1 is 0.500 bits per heavy atom. The molecular weight excluding hydrogens is 724 g/mol. The molecule has 3 rings (SSSR count). The number of hydrogen-bond acceptors (Lipinski definition) is 19. The van der Waals surface area contributed by atoms with Gasteiger partial charge >= 0.3 is 0 Å². The van der Waals surface area contributed by atoms with E-state index in [0.717, 1.165) is 0 Å². The molecule has 3 aliphatic heterocycles. The number of aliphatic hydroxyl groups excluding tert-OH is 14. The highest BCUT2D eigenvalue weighted by atomic mass is 16.5. The van der Waals surface area contributed by atoms with Gasteiger partial charge in [0.25, 0.3) is 0 Å². The van der Waals surface area contributed by atoms with Gasteiger partial charge in [-0.2, -0.15) is 0 Å². The molecule has 18 atom stereocenters. The van der Waals surface area contributed by atoms with Gasteiger partial charge in [0.15, 0.2) is 6.29 Å². The molecule has 0 amide bonds. The van der Waals surface area contributed by atoms with E-state index in [1.807, 2.05) is 13.8 Å². The second-order valence-electron chi connectivity index (χ2n) is 15.0. The molecule has 0 aromatic rings. The SMILES string of the molecule is CC(O)C(O)C(O)C(O)C(O)O.CC1COCC(CCOCCC2COCCC(O)C(O)C(O)C2O)C(O)C(C)C1O.CC1COCCC(O)C(O)C1O. The minimum Gasteiger partial charge on any atom is -0.392 e. The molecular formula is C35H70O19. The van der Waals surface area contributed by atoms with Crippen LogP contribution in [0.4, 0.5) is 0 Å². The summed E-state index contributed by atoms with van der Waals surface area (Å²) in [6.45, 7) is 9.61. The Hall–Kier alpha value is -0.760. The van der Waals surface area contributed by atoms with Crippen LogP contribution in [0.25, 0.3) is 0 Å². The van der Waals surface area contributed by atoms with Crippen LogP contribution in [0.3, 0.4) is 0 Å². The normalized spacial score (nSPS) is 39.6. The van der Waals surface area contributed by atoms with Crippen molar-refractivity contribution in [3.05, 3.63) is 0 Å². The van der Waals surface area contributed by atoms with Gasteiger partial charge in [-0.3, -0.25) is 0 Å². The third-order valence-corrected chi connectivity index (χ3v) is 10.4. The minimum absolute atomic E-state index is 0.0246. The summed E-state index contributed by atoms with van der Waals surface area (Å²) >= 11 is 0. The second kappa shape index (κ2) is 26.3. The van der Waals surface area contributed by atoms with Crippen molar-refractivity contribution in [2.75, 3.05) is 52.9 Å². The molecule has 0 aromatic carbocycles. The van der Waals surface area contributed by atoms with E-state index in [9.17, 15) is 46.0 Å². The molecule has 3 saturated heterocycles. The average Bonchev–Trinajstić information content (AvgIpc) is 3.18. The number of hydrogen-bond donors (Lipinski definition) is 15. The number of rotatable bonds is 10. The maximum atomic E-state index is 10.6. The molecule has 324 valence electrons. The highest BCUT2D eigenvalue weighted by Crippen LogP contribution is 2.27. The predicted octanol–water partition coefficient (Wildman–Crippen LogP) is -5.21. The third kappa shape index (κ3) is 17.0. The smallest absolute Gasteiger partial charge is 0.180 e. The Balaban J connectivity index is 0.000000497. The molecule has 3 fully saturated rings. The first-order chi connectivity index (χ1) is 25.2. The average molecular weight is 795 g/mol. The van der Waals surface area contributed by atoms with Gasteiger partial charge < -0.3 is 95.5 Å². The molecule has 0 aliphatic carbocycles. The Labute approximate surface area is 317 Å². The summed E-state index contributed by atoms with van der Waals surface area (Å²) < 4.78 is 21.9. The lowest BCUT2D eigenvalue weighted by molar-refractivity contribution is -0.187. The highest BCUT2D eigenvalue weighted by molar-refractivity contribution is 4.87. The fraction of sp³-hybridized carbons (Fsp3) is 1.00. The van der Waals surface area contributed by atoms with Crippen LogP contribution in [0, 0.1) is 29.6 Å². The van der Waals surface area contributed by atoms with E-state index in [2.05, 4.69) is 0 Å². The van der Waals surface area contributed by atoms with Gasteiger partial charge in [0, 0.05) is 56.0 Å². The summed E-state index contributed by atoms with van der Waals surface area (Å²) in [6, 6.07) is 0. The van der Waals surface area contributed by atoms with Crippen LogP contribution in [-0.4, -0.2) is 215 Å². The lowest BCUT2D eigenvalue weighted by Gasteiger charge is -2.36. The molecule has 19 nitrogen and oxygen atoms in total. The van der Waals surface area contributed by atoms with Crippen molar-refractivity contribution < 1.29 is 95.5 Å². The van der Waals surface area contributed by atoms with E-state index >= 15 is 0 Å². The summed E-state index contributed by atoms with van der Waals surface area (Å²) in [5, 5.41) is 141. The Kier molecular flexibility index (Phi) is 24.9. The van der Waals surface area contributed by atoms with E-state index in [4.69, 9.17) is 49.6 Å². The first-order valence-corrected chi connectivity index (χ1v) is 18.8. The molecule has 0 bridgehead atoms. The fourth-order valence-electron chi connectivity index (χ4n) is 6.22. The van der Waals surface area contributed by atoms with E-state index in [-0.39, 0.29) is 43.3 Å². The van der Waals surface area contributed by atoms with Crippen LogP contribution in [0.1, 0.15) is 53.4 Å². The summed E-state index contributed by atoms with van der Waals surface area (Å²) in [5.41, 5.74) is 0. The van der Waals surface area contributed by atoms with E-state index < -0.39 is 91.6 Å². The second-order valence-corrected chi connectivity index (χ2v) is 15.0. The van der Waals surface area contributed by atoms with Crippen LogP contribution >= 0.6 is 0 Å². The first kappa shape index (κ1) is 51.3. The maximum absolute atomic E-state index is 10.6. The van der Waals surface area contributed by atoms with E-state index in [1.165, 1.54) is 6.92 Å². The van der Waals surface area contributed by atoms with Crippen LogP contribution in [0.5, 0.6) is 0 Å². The van der Waals surface area contributed by atoms with Crippen molar-refractivity contribution >= 4 is 0 Å². The molecule has 0 radical (unpaired) electrons. The summed E-state index contributed by atoms with van der Waals surface area (Å²) in [7, 11) is 0. The maximum Gasteiger partial charge on any atom is 0.180 e. The first-order valence-electron chi connectivity index (χ1n) is 18.8. The lowest BCUT2D eigenvalue weighted by Crippen LogP contribution is -2.48. The summed E-state index contributed by atoms with van der Waals surface area (Å²) in [5.74, 6) is -0.979. The molecule has 0 aromatic heterocycles. The van der Waals surface area contributed by atoms with Gasteiger partial charge in [-0.05, 0) is 32.6 Å². The summed E-state index contributed by atoms with van der Waals surface area (Å²) in [4.78, 5) is 0. The Morgan fingerprint density at radius 3 is 1.46 bits per heavy atom. The molecule has 54 heavy (non-hydrogen) atoms. The van der Waals surface area contributed by atoms with Gasteiger partial charge in [-0.25, -0.2) is 0 Å². The van der Waals surface area contributed by atoms with Crippen molar-refractivity contribution in [1.29, 1.82) is 0 Å². The summed E-state index contributed by atoms with van der Waals surface area (Å²) in [6.07, 6.45) is -16.5. The predicted molar refractivity (Wildman–Crippen MR) is 188 cm³/mol. The zero-order valence-corrected chi connectivity index (χ0v) is 31.8. The zero-order chi connectivity index (χ0) is 41.3. The largest absolute Gasteiger partial charge is 0.392 e. The molecule has 0 spiro atoms. The Morgan fingerprint density at radius 2 is 0.944 bits per heavy atom. The fourth-order valence-corrected chi connectivity index (χ4v) is 6.22. The van der Waals surface area contributed by atoms with Crippen LogP contribution in [-0.2, 0) is 18.9 Å². The van der Waals surface area contributed by atoms with Crippen molar-refractivity contribution in [1.82, 2.24) is 0 Å². The van der Waals surface area contributed by atoms with Crippen molar-refractivity contribution in [2.24, 2.45) is 29.6 Å². The molecule has 19 heteroatoms. The van der Waals surface area contributed by atoms with Crippen molar-refractivity contribution in [3.63, 3.8) is 0 Å². The van der Waals surface area contributed by atoms with Gasteiger partial charge in [-0.15, -0.1) is 0 Å². The van der Waals surface area contributed by atoms with Gasteiger partial charge in [0.1, 0.15) is 36.6 Å². The zero-order valence-electron chi connectivity index (χ0n) is 31.8. The minimum atomic E-state index is -2.15. The quantitative estimate of drug-likeness (QED) is 0.0726. The molecule has 3 heterocycles. The van der Waals surface area contributed by atoms with Crippen molar-refractivity contribution in [2.45, 2.75) is 139 Å². The van der Waals surface area contributed by atoms with Crippen molar-refractivity contribution in [3.8, 4) is 0 Å². The Bertz CT molecular complexity index is 920. The molecule has 18 unspecified atom stereocenters. The van der Waals surface area contributed by atoms with Crippen LogP contribution in [0.2, 0.25) is 0 Å². The van der Waals surface area contributed by atoms with Crippen LogP contribution < -0.4 is 0 Å². The van der Waals surface area contributed by atoms with E-state index in [0.29, 0.717) is 58.9 Å².